The van der Waals surface area contributed by atoms with Gasteiger partial charge in [0.15, 0.2) is 17.1 Å². The Labute approximate surface area is 297 Å². The lowest BCUT2D eigenvalue weighted by molar-refractivity contribution is 0.635. The van der Waals surface area contributed by atoms with E-state index >= 15 is 0 Å². The number of nitrogens with zero attached hydrogens (tertiary/aromatic N) is 4. The first kappa shape index (κ1) is 28.6. The minimum atomic E-state index is 0.355. The lowest BCUT2D eigenvalue weighted by Crippen LogP contribution is -2.07. The van der Waals surface area contributed by atoms with Crippen LogP contribution in [0.5, 0.6) is 0 Å². The largest absolute Gasteiger partial charge is 0.308 e. The normalized spacial score (nSPS) is 16.2. The van der Waals surface area contributed by atoms with E-state index in [1.807, 2.05) is 11.3 Å². The molecule has 4 nitrogen and oxygen atoms in total. The Balaban J connectivity index is 1.30. The number of rotatable bonds is 2. The molecule has 0 aliphatic heterocycles. The first-order chi connectivity index (χ1) is 25.2. The van der Waals surface area contributed by atoms with Gasteiger partial charge in [-0.1, -0.05) is 128 Å². The fraction of sp³-hybridized carbons (Fsp3) is 0.0652. The highest BCUT2D eigenvalue weighted by Crippen LogP contribution is 2.43. The highest BCUT2D eigenvalue weighted by molar-refractivity contribution is 7.27. The summed E-state index contributed by atoms with van der Waals surface area (Å²) in [6, 6.07) is 46.2. The van der Waals surface area contributed by atoms with E-state index in [-0.39, 0.29) is 0 Å². The molecule has 0 amide bonds. The van der Waals surface area contributed by atoms with Gasteiger partial charge >= 0.3 is 0 Å². The predicted octanol–water partition coefficient (Wildman–Crippen LogP) is 12.3. The van der Waals surface area contributed by atoms with Crippen LogP contribution in [-0.2, 0) is 0 Å². The highest BCUT2D eigenvalue weighted by atomic mass is 32.1. The van der Waals surface area contributed by atoms with Crippen molar-refractivity contribution in [3.05, 3.63) is 157 Å². The Morgan fingerprint density at radius 3 is 2.16 bits per heavy atom. The molecule has 8 bridgehead atoms. The van der Waals surface area contributed by atoms with Crippen LogP contribution >= 0.6 is 11.3 Å². The molecule has 4 aromatic heterocycles. The number of benzene rings is 6. The van der Waals surface area contributed by atoms with Crippen molar-refractivity contribution in [1.82, 2.24) is 19.4 Å². The summed E-state index contributed by atoms with van der Waals surface area (Å²) in [4.78, 5) is 15.6. The van der Waals surface area contributed by atoms with E-state index < -0.39 is 0 Å². The molecule has 5 heteroatoms. The molecule has 0 radical (unpaired) electrons. The number of allylic oxidation sites excluding steroid dienone is 4. The summed E-state index contributed by atoms with van der Waals surface area (Å²) in [6.45, 7) is 2.27. The van der Waals surface area contributed by atoms with Crippen molar-refractivity contribution >= 4 is 91.7 Å². The number of thiophene rings is 1. The van der Waals surface area contributed by atoms with Crippen LogP contribution in [-0.4, -0.2) is 19.4 Å². The SMILES string of the molecule is CC1C=CC=CC1c1ccc(-c2nc3nc(n2)c2cccc4c5ccc6c7ccccc7n(c7cccc(c7)c7cccc3c7)c6c5sc24)cc1. The molecule has 0 saturated carbocycles. The Hall–Kier alpha value is -6.17. The lowest BCUT2D eigenvalue weighted by atomic mass is 9.84. The third kappa shape index (κ3) is 4.35. The summed E-state index contributed by atoms with van der Waals surface area (Å²) >= 11 is 1.84. The summed E-state index contributed by atoms with van der Waals surface area (Å²) in [5, 5.41) is 9.20. The van der Waals surface area contributed by atoms with Gasteiger partial charge in [0.25, 0.3) is 0 Å². The van der Waals surface area contributed by atoms with E-state index in [0.29, 0.717) is 29.0 Å². The van der Waals surface area contributed by atoms with Gasteiger partial charge < -0.3 is 4.40 Å². The summed E-state index contributed by atoms with van der Waals surface area (Å²) < 4.78 is 4.89. The maximum Gasteiger partial charge on any atom is 0.165 e. The van der Waals surface area contributed by atoms with Gasteiger partial charge in [0.1, 0.15) is 0 Å². The molecule has 1 aliphatic rings. The number of hydrogen-bond acceptors (Lipinski definition) is 4. The molecule has 2 atom stereocenters. The molecule has 2 unspecified atom stereocenters. The smallest absolute Gasteiger partial charge is 0.165 e. The molecular weight excluding hydrogens is 641 g/mol. The summed E-state index contributed by atoms with van der Waals surface area (Å²) in [5.74, 6) is 1.48. The van der Waals surface area contributed by atoms with E-state index in [9.17, 15) is 0 Å². The average molecular weight is 671 g/mol. The maximum atomic E-state index is 5.23. The van der Waals surface area contributed by atoms with Crippen LogP contribution in [0.2, 0.25) is 0 Å². The topological polar surface area (TPSA) is 43.1 Å². The van der Waals surface area contributed by atoms with E-state index in [0.717, 1.165) is 32.6 Å². The molecule has 10 aromatic rings. The van der Waals surface area contributed by atoms with Crippen LogP contribution < -0.4 is 0 Å². The van der Waals surface area contributed by atoms with Crippen molar-refractivity contribution in [3.63, 3.8) is 0 Å². The van der Waals surface area contributed by atoms with Crippen LogP contribution in [0.4, 0.5) is 0 Å². The lowest BCUT2D eigenvalue weighted by Gasteiger charge is -2.21. The van der Waals surface area contributed by atoms with Crippen LogP contribution in [0.3, 0.4) is 0 Å². The first-order valence-corrected chi connectivity index (χ1v) is 18.3. The molecule has 0 saturated heterocycles. The Morgan fingerprint density at radius 1 is 0.549 bits per heavy atom. The third-order valence-electron chi connectivity index (χ3n) is 10.7. The molecule has 51 heavy (non-hydrogen) atoms. The standard InChI is InChI=1S/C46H30N4S/c1-27-9-2-3-14-34(27)28-19-21-29(22-20-28)44-47-45-32-12-6-10-30(25-32)31-11-7-13-33(26-31)50-40-18-5-4-15-35(40)36-23-24-38-37-16-8-17-39(46(48-44)49-45)42(37)51-43(38)41(36)50/h2-27,34H,1H3. The molecule has 0 fully saturated rings. The molecule has 11 rings (SSSR count). The second kappa shape index (κ2) is 10.9. The van der Waals surface area contributed by atoms with E-state index in [1.165, 1.54) is 47.5 Å². The third-order valence-corrected chi connectivity index (χ3v) is 12.0. The zero-order chi connectivity index (χ0) is 33.6. The van der Waals surface area contributed by atoms with Gasteiger partial charge in [0.05, 0.1) is 15.7 Å². The summed E-state index contributed by atoms with van der Waals surface area (Å²) in [7, 11) is 0. The van der Waals surface area contributed by atoms with E-state index in [2.05, 4.69) is 163 Å². The number of aromatic nitrogens is 4. The van der Waals surface area contributed by atoms with Crippen molar-refractivity contribution in [2.45, 2.75) is 12.8 Å². The van der Waals surface area contributed by atoms with Crippen molar-refractivity contribution in [2.24, 2.45) is 5.92 Å². The fourth-order valence-corrected chi connectivity index (χ4v) is 9.50. The highest BCUT2D eigenvalue weighted by Gasteiger charge is 2.19. The minimum absolute atomic E-state index is 0.355. The van der Waals surface area contributed by atoms with Gasteiger partial charge in [0, 0.05) is 54.0 Å². The monoisotopic (exact) mass is 670 g/mol. The Bertz CT molecular complexity index is 3170. The first-order valence-electron chi connectivity index (χ1n) is 17.5. The van der Waals surface area contributed by atoms with Gasteiger partial charge in [-0.25, -0.2) is 15.0 Å². The predicted molar refractivity (Wildman–Crippen MR) is 216 cm³/mol. The van der Waals surface area contributed by atoms with Crippen LogP contribution in [0.15, 0.2) is 152 Å². The van der Waals surface area contributed by atoms with Gasteiger partial charge in [0.2, 0.25) is 0 Å². The number of para-hydroxylation sites is 1. The van der Waals surface area contributed by atoms with Gasteiger partial charge in [-0.2, -0.15) is 0 Å². The molecule has 0 spiro atoms. The summed E-state index contributed by atoms with van der Waals surface area (Å²) in [5.41, 5.74) is 7.19. The van der Waals surface area contributed by atoms with Crippen molar-refractivity contribution < 1.29 is 0 Å². The molecule has 4 heterocycles. The maximum absolute atomic E-state index is 5.23. The zero-order valence-corrected chi connectivity index (χ0v) is 28.6. The van der Waals surface area contributed by atoms with Gasteiger partial charge in [-0.3, -0.25) is 0 Å². The van der Waals surface area contributed by atoms with Crippen LogP contribution in [0.1, 0.15) is 18.4 Å². The number of fused-ring (bicyclic) bond motifs is 14. The van der Waals surface area contributed by atoms with E-state index in [1.54, 1.807) is 0 Å². The van der Waals surface area contributed by atoms with Gasteiger partial charge in [-0.15, -0.1) is 11.3 Å². The van der Waals surface area contributed by atoms with E-state index in [4.69, 9.17) is 15.0 Å². The molecule has 240 valence electrons. The van der Waals surface area contributed by atoms with Crippen molar-refractivity contribution in [3.8, 4) is 11.4 Å². The van der Waals surface area contributed by atoms with Gasteiger partial charge in [-0.05, 0) is 52.6 Å². The molecule has 0 N–H and O–H groups in total. The van der Waals surface area contributed by atoms with Crippen LogP contribution in [0, 0.1) is 5.92 Å². The second-order valence-corrected chi connectivity index (χ2v) is 14.7. The number of hydrogen-bond donors (Lipinski definition) is 0. The zero-order valence-electron chi connectivity index (χ0n) is 27.8. The minimum Gasteiger partial charge on any atom is -0.308 e. The quantitative estimate of drug-likeness (QED) is 0.184. The molecular formula is C46H30N4S. The average Bonchev–Trinajstić information content (AvgIpc) is 3.74. The van der Waals surface area contributed by atoms with Crippen LogP contribution in [0.25, 0.3) is 91.7 Å². The molecule has 6 aromatic carbocycles. The van der Waals surface area contributed by atoms with Crippen molar-refractivity contribution in [1.29, 1.82) is 0 Å². The molecule has 1 aliphatic carbocycles. The Kier molecular flexibility index (Phi) is 6.13. The van der Waals surface area contributed by atoms with Crippen molar-refractivity contribution in [2.75, 3.05) is 0 Å². The second-order valence-electron chi connectivity index (χ2n) is 13.7. The fourth-order valence-electron chi connectivity index (χ4n) is 8.15. The Morgan fingerprint density at radius 2 is 1.25 bits per heavy atom. The summed E-state index contributed by atoms with van der Waals surface area (Å²) in [6.07, 6.45) is 8.85.